The third-order valence-electron chi connectivity index (χ3n) is 2.52. The molecule has 0 nitrogen and oxygen atoms in total. The number of hydrogen-bond acceptors (Lipinski definition) is 0. The largest absolute Gasteiger partial charge is 0.107 e. The van der Waals surface area contributed by atoms with E-state index in [0.717, 1.165) is 0 Å². The van der Waals surface area contributed by atoms with Crippen LogP contribution in [0.25, 0.3) is 0 Å². The van der Waals surface area contributed by atoms with Crippen LogP contribution < -0.4 is 0 Å². The maximum atomic E-state index is 3.91. The molecule has 0 spiro atoms. The quantitative estimate of drug-likeness (QED) is 0.589. The molecule has 0 fully saturated rings. The molecule has 0 radical (unpaired) electrons. The highest BCUT2D eigenvalue weighted by Gasteiger charge is 2.22. The normalized spacial score (nSPS) is 12.7. The molecule has 0 aliphatic carbocycles. The zero-order valence-corrected chi connectivity index (χ0v) is 11.0. The van der Waals surface area contributed by atoms with E-state index in [9.17, 15) is 0 Å². The average molecular weight is 198 g/mol. The van der Waals surface area contributed by atoms with Crippen LogP contribution >= 0.6 is 0 Å². The molecule has 0 heterocycles. The van der Waals surface area contributed by atoms with Crippen LogP contribution in [0.1, 0.15) is 0 Å². The molecule has 0 N–H and O–H groups in total. The molecular formula is C10H22Si2. The van der Waals surface area contributed by atoms with E-state index in [1.807, 2.05) is 0 Å². The summed E-state index contributed by atoms with van der Waals surface area (Å²) in [6.45, 7) is 17.4. The second kappa shape index (κ2) is 4.24. The third-order valence-corrected chi connectivity index (χ3v) is 8.31. The van der Waals surface area contributed by atoms with Crippen LogP contribution in [0.5, 0.6) is 0 Å². The first-order chi connectivity index (χ1) is 5.33. The summed E-state index contributed by atoms with van der Waals surface area (Å²) in [5, 5.41) is 0. The first-order valence-electron chi connectivity index (χ1n) is 4.60. The molecule has 0 rings (SSSR count). The van der Waals surface area contributed by atoms with Crippen molar-refractivity contribution in [3.8, 4) is 0 Å². The Bertz CT molecular complexity index is 149. The Morgan fingerprint density at radius 3 is 1.25 bits per heavy atom. The molecule has 12 heavy (non-hydrogen) atoms. The maximum absolute atomic E-state index is 3.91. The van der Waals surface area contributed by atoms with Crippen LogP contribution in [-0.2, 0) is 0 Å². The predicted octanol–water partition coefficient (Wildman–Crippen LogP) is 3.85. The zero-order chi connectivity index (χ0) is 9.83. The van der Waals surface area contributed by atoms with Crippen LogP contribution in [0.4, 0.5) is 0 Å². The van der Waals surface area contributed by atoms with Crippen LogP contribution in [0.15, 0.2) is 24.6 Å². The van der Waals surface area contributed by atoms with Gasteiger partial charge < -0.3 is 0 Å². The maximum Gasteiger partial charge on any atom is 0.0707 e. The molecule has 0 aliphatic heterocycles. The van der Waals surface area contributed by atoms with Crippen molar-refractivity contribution in [2.24, 2.45) is 0 Å². The molecule has 0 bridgehead atoms. The molecule has 0 atom stereocenters. The molecule has 0 unspecified atom stereocenters. The molecular weight excluding hydrogens is 176 g/mol. The van der Waals surface area contributed by atoms with E-state index in [-0.39, 0.29) is 0 Å². The summed E-state index contributed by atoms with van der Waals surface area (Å²) in [6.07, 6.45) is 0. The van der Waals surface area contributed by atoms with E-state index in [1.54, 1.807) is 0 Å². The SMILES string of the molecule is C=C[Si](C)(C)CC[Si](C)(C)C=C. The Hall–Kier alpha value is -0.0862. The Labute approximate surface area is 79.4 Å². The second-order valence-corrected chi connectivity index (χ2v) is 14.7. The molecule has 0 aliphatic rings. The van der Waals surface area contributed by atoms with Gasteiger partial charge in [-0.3, -0.25) is 0 Å². The van der Waals surface area contributed by atoms with E-state index in [1.165, 1.54) is 12.1 Å². The standard InChI is InChI=1S/C10H22Si2/c1-7-11(3,4)9-10-12(5,6)8-2/h7-8H,1-2,9-10H2,3-6H3. The van der Waals surface area contributed by atoms with Gasteiger partial charge in [-0.15, -0.1) is 24.6 Å². The molecule has 70 valence electrons. The van der Waals surface area contributed by atoms with Crippen molar-refractivity contribution in [3.05, 3.63) is 24.6 Å². The van der Waals surface area contributed by atoms with E-state index in [4.69, 9.17) is 0 Å². The highest BCUT2D eigenvalue weighted by atomic mass is 28.3. The zero-order valence-electron chi connectivity index (χ0n) is 8.98. The summed E-state index contributed by atoms with van der Waals surface area (Å²) in [5.74, 6) is 0. The molecule has 0 aromatic carbocycles. The van der Waals surface area contributed by atoms with Crippen molar-refractivity contribution in [2.75, 3.05) is 0 Å². The van der Waals surface area contributed by atoms with Crippen molar-refractivity contribution in [1.29, 1.82) is 0 Å². The van der Waals surface area contributed by atoms with Crippen molar-refractivity contribution < 1.29 is 0 Å². The summed E-state index contributed by atoms with van der Waals surface area (Å²) in [6, 6.07) is 2.75. The highest BCUT2D eigenvalue weighted by Crippen LogP contribution is 2.21. The lowest BCUT2D eigenvalue weighted by molar-refractivity contribution is 1.30. The summed E-state index contributed by atoms with van der Waals surface area (Å²) in [4.78, 5) is 0. The molecule has 0 saturated heterocycles. The second-order valence-electron chi connectivity index (χ2n) is 4.89. The highest BCUT2D eigenvalue weighted by molar-refractivity contribution is 6.87. The van der Waals surface area contributed by atoms with Gasteiger partial charge in [-0.2, -0.15) is 0 Å². The van der Waals surface area contributed by atoms with Crippen LogP contribution in [0.2, 0.25) is 38.3 Å². The van der Waals surface area contributed by atoms with Crippen LogP contribution in [0.3, 0.4) is 0 Å². The fourth-order valence-electron chi connectivity index (χ4n) is 0.848. The first kappa shape index (κ1) is 11.9. The Kier molecular flexibility index (Phi) is 4.21. The Morgan fingerprint density at radius 2 is 1.08 bits per heavy atom. The van der Waals surface area contributed by atoms with Crippen molar-refractivity contribution in [1.82, 2.24) is 0 Å². The predicted molar refractivity (Wildman–Crippen MR) is 65.0 cm³/mol. The molecule has 2 heteroatoms. The van der Waals surface area contributed by atoms with Gasteiger partial charge in [0.1, 0.15) is 0 Å². The molecule has 0 amide bonds. The van der Waals surface area contributed by atoms with Gasteiger partial charge in [0.2, 0.25) is 0 Å². The molecule has 0 aromatic rings. The van der Waals surface area contributed by atoms with E-state index >= 15 is 0 Å². The number of hydrogen-bond donors (Lipinski definition) is 0. The van der Waals surface area contributed by atoms with Gasteiger partial charge in [-0.05, 0) is 0 Å². The average Bonchev–Trinajstić information content (AvgIpc) is 2.02. The Morgan fingerprint density at radius 1 is 0.833 bits per heavy atom. The van der Waals surface area contributed by atoms with Crippen molar-refractivity contribution >= 4 is 16.1 Å². The van der Waals surface area contributed by atoms with Gasteiger partial charge in [-0.1, -0.05) is 38.3 Å². The van der Waals surface area contributed by atoms with Gasteiger partial charge in [0.25, 0.3) is 0 Å². The smallest absolute Gasteiger partial charge is 0.0707 e. The van der Waals surface area contributed by atoms with Gasteiger partial charge in [-0.25, -0.2) is 0 Å². The topological polar surface area (TPSA) is 0 Å². The monoisotopic (exact) mass is 198 g/mol. The Balaban J connectivity index is 3.98. The van der Waals surface area contributed by atoms with Gasteiger partial charge in [0, 0.05) is 0 Å². The van der Waals surface area contributed by atoms with E-state index in [2.05, 4.69) is 50.7 Å². The summed E-state index contributed by atoms with van der Waals surface area (Å²) in [7, 11) is -2.10. The lowest BCUT2D eigenvalue weighted by atomic mass is 10.9. The van der Waals surface area contributed by atoms with Gasteiger partial charge >= 0.3 is 0 Å². The fraction of sp³-hybridized carbons (Fsp3) is 0.600. The third kappa shape index (κ3) is 4.72. The molecule has 0 aromatic heterocycles. The van der Waals surface area contributed by atoms with Crippen molar-refractivity contribution in [3.63, 3.8) is 0 Å². The van der Waals surface area contributed by atoms with E-state index < -0.39 is 16.1 Å². The number of rotatable bonds is 5. The van der Waals surface area contributed by atoms with Crippen LogP contribution in [-0.4, -0.2) is 16.1 Å². The lowest BCUT2D eigenvalue weighted by Gasteiger charge is -2.23. The minimum absolute atomic E-state index is 1.05. The first-order valence-corrected chi connectivity index (χ1v) is 11.2. The summed E-state index contributed by atoms with van der Waals surface area (Å²) in [5.41, 5.74) is 4.39. The minimum Gasteiger partial charge on any atom is -0.107 e. The fourth-order valence-corrected chi connectivity index (χ4v) is 6.41. The minimum atomic E-state index is -1.05. The lowest BCUT2D eigenvalue weighted by Crippen LogP contribution is -2.29. The van der Waals surface area contributed by atoms with Crippen molar-refractivity contribution in [2.45, 2.75) is 38.3 Å². The summed E-state index contributed by atoms with van der Waals surface area (Å²) < 4.78 is 0. The van der Waals surface area contributed by atoms with Crippen LogP contribution in [0, 0.1) is 0 Å². The molecule has 0 saturated carbocycles. The summed E-state index contributed by atoms with van der Waals surface area (Å²) >= 11 is 0. The van der Waals surface area contributed by atoms with Gasteiger partial charge in [0.15, 0.2) is 0 Å². The van der Waals surface area contributed by atoms with E-state index in [0.29, 0.717) is 0 Å². The van der Waals surface area contributed by atoms with Gasteiger partial charge in [0.05, 0.1) is 16.1 Å².